The number of aliphatic imine (C=N–C) groups is 1. The van der Waals surface area contributed by atoms with Gasteiger partial charge in [-0.15, -0.1) is 0 Å². The van der Waals surface area contributed by atoms with Crippen molar-refractivity contribution in [3.63, 3.8) is 0 Å². The van der Waals surface area contributed by atoms with E-state index in [1.165, 1.54) is 0 Å². The number of benzene rings is 3. The molecular weight excluding hydrogens is 556 g/mol. The predicted molar refractivity (Wildman–Crippen MR) is 164 cm³/mol. The van der Waals surface area contributed by atoms with E-state index in [4.69, 9.17) is 21.3 Å². The number of hydrazine groups is 1. The van der Waals surface area contributed by atoms with Gasteiger partial charge in [0, 0.05) is 46.7 Å². The molecule has 6 N–H and O–H groups in total. The van der Waals surface area contributed by atoms with Gasteiger partial charge >= 0.3 is 0 Å². The van der Waals surface area contributed by atoms with Gasteiger partial charge in [-0.3, -0.25) is 9.79 Å². The fraction of sp³-hybridized carbons (Fsp3) is 0.355. The summed E-state index contributed by atoms with van der Waals surface area (Å²) in [4.78, 5) is 20.8. The first-order chi connectivity index (χ1) is 20.3. The van der Waals surface area contributed by atoms with Crippen LogP contribution in [0, 0.1) is 5.92 Å². The van der Waals surface area contributed by atoms with Crippen molar-refractivity contribution in [2.45, 2.75) is 44.6 Å². The minimum Gasteiger partial charge on any atom is -0.504 e. The molecule has 0 radical (unpaired) electrons. The topological polar surface area (TPSA) is 130 Å². The van der Waals surface area contributed by atoms with Gasteiger partial charge < -0.3 is 30.5 Å². The molecule has 220 valence electrons. The van der Waals surface area contributed by atoms with Gasteiger partial charge in [-0.2, -0.15) is 0 Å². The molecule has 3 heterocycles. The van der Waals surface area contributed by atoms with Gasteiger partial charge in [-0.1, -0.05) is 23.7 Å². The Bertz CT molecular complexity index is 1510. The van der Waals surface area contributed by atoms with Gasteiger partial charge in [0.25, 0.3) is 0 Å². The van der Waals surface area contributed by atoms with Crippen LogP contribution in [0.1, 0.15) is 36.5 Å². The third-order valence-corrected chi connectivity index (χ3v) is 8.48. The number of phenolic OH excluding ortho intramolecular Hbond substituents is 2. The molecule has 1 saturated heterocycles. The number of methoxy groups -OCH3 is 1. The lowest BCUT2D eigenvalue weighted by Gasteiger charge is -2.31. The third kappa shape index (κ3) is 5.57. The second kappa shape index (κ2) is 11.7. The zero-order chi connectivity index (χ0) is 29.4. The first-order valence-electron chi connectivity index (χ1n) is 14.2. The third-order valence-electron chi connectivity index (χ3n) is 8.23. The Kier molecular flexibility index (Phi) is 7.85. The summed E-state index contributed by atoms with van der Waals surface area (Å²) in [6.07, 6.45) is 1.46. The SMILES string of the molecule is COc1ccc2c(c1)C(c1ccc(Cl)cc1)=NC(CC(=O)NCCC1CNc3cc(O)c(O)cc3C1)C1NNC(C)N21. The number of nitrogens with zero attached hydrogens (tertiary/aromatic N) is 2. The molecule has 0 bridgehead atoms. The fourth-order valence-corrected chi connectivity index (χ4v) is 6.18. The van der Waals surface area contributed by atoms with Crippen molar-refractivity contribution in [2.24, 2.45) is 10.9 Å². The molecule has 42 heavy (non-hydrogen) atoms. The number of carbonyl (C=O) groups excluding carboxylic acids is 1. The van der Waals surface area contributed by atoms with Crippen LogP contribution in [0.2, 0.25) is 5.02 Å². The molecule has 6 rings (SSSR count). The first-order valence-corrected chi connectivity index (χ1v) is 14.6. The maximum absolute atomic E-state index is 13.3. The average molecular weight is 591 g/mol. The van der Waals surface area contributed by atoms with Crippen LogP contribution in [-0.2, 0) is 11.2 Å². The van der Waals surface area contributed by atoms with E-state index in [0.29, 0.717) is 11.6 Å². The molecular formula is C31H35ClN6O4. The van der Waals surface area contributed by atoms with E-state index in [2.05, 4.69) is 33.3 Å². The zero-order valence-electron chi connectivity index (χ0n) is 23.5. The number of phenols is 2. The van der Waals surface area contributed by atoms with E-state index < -0.39 is 0 Å². The van der Waals surface area contributed by atoms with Crippen LogP contribution in [0.25, 0.3) is 0 Å². The highest BCUT2D eigenvalue weighted by atomic mass is 35.5. The molecule has 0 spiro atoms. The van der Waals surface area contributed by atoms with Crippen LogP contribution in [0.3, 0.4) is 0 Å². The molecule has 0 saturated carbocycles. The van der Waals surface area contributed by atoms with Crippen molar-refractivity contribution in [3.05, 3.63) is 76.3 Å². The predicted octanol–water partition coefficient (Wildman–Crippen LogP) is 3.75. The van der Waals surface area contributed by atoms with Gasteiger partial charge in [0.2, 0.25) is 5.91 Å². The second-order valence-corrected chi connectivity index (χ2v) is 11.5. The smallest absolute Gasteiger partial charge is 0.222 e. The monoisotopic (exact) mass is 590 g/mol. The highest BCUT2D eigenvalue weighted by Gasteiger charge is 2.41. The second-order valence-electron chi connectivity index (χ2n) is 11.0. The molecule has 11 heteroatoms. The van der Waals surface area contributed by atoms with Crippen LogP contribution < -0.4 is 31.1 Å². The summed E-state index contributed by atoms with van der Waals surface area (Å²) in [7, 11) is 1.64. The van der Waals surface area contributed by atoms with Crippen molar-refractivity contribution in [2.75, 3.05) is 30.4 Å². The van der Waals surface area contributed by atoms with Gasteiger partial charge in [-0.05, 0) is 67.6 Å². The van der Waals surface area contributed by atoms with Gasteiger partial charge in [-0.25, -0.2) is 10.9 Å². The number of rotatable bonds is 7. The van der Waals surface area contributed by atoms with E-state index in [9.17, 15) is 15.0 Å². The summed E-state index contributed by atoms with van der Waals surface area (Å²) in [5, 5.41) is 26.7. The molecule has 3 aliphatic rings. The number of hydrogen-bond acceptors (Lipinski definition) is 9. The summed E-state index contributed by atoms with van der Waals surface area (Å²) < 4.78 is 5.56. The molecule has 1 fully saturated rings. The Balaban J connectivity index is 1.20. The molecule has 4 atom stereocenters. The molecule has 3 aliphatic heterocycles. The Morgan fingerprint density at radius 3 is 2.69 bits per heavy atom. The minimum absolute atomic E-state index is 0.0319. The summed E-state index contributed by atoms with van der Waals surface area (Å²) >= 11 is 6.20. The van der Waals surface area contributed by atoms with Crippen LogP contribution in [0.5, 0.6) is 17.2 Å². The Morgan fingerprint density at radius 1 is 1.12 bits per heavy atom. The zero-order valence-corrected chi connectivity index (χ0v) is 24.3. The lowest BCUT2D eigenvalue weighted by Crippen LogP contribution is -2.47. The minimum atomic E-state index is -0.384. The molecule has 4 unspecified atom stereocenters. The number of amides is 1. The standard InChI is InChI=1S/C31H35ClN6O4/c1-17-36-37-31-25(15-29(41)33-10-9-18-11-20-12-27(39)28(40)14-24(20)34-16-18)35-30(19-3-5-21(32)6-4-19)23-13-22(42-2)7-8-26(23)38(17)31/h3-8,12-14,17-18,25,31,34,36-37,39-40H,9-11,15-16H2,1-2H3,(H,33,41). The number of anilines is 2. The number of carbonyl (C=O) groups is 1. The summed E-state index contributed by atoms with van der Waals surface area (Å²) in [5.41, 5.74) is 12.1. The molecule has 0 aliphatic carbocycles. The Hall–Kier alpha value is -3.99. The molecule has 3 aromatic carbocycles. The largest absolute Gasteiger partial charge is 0.504 e. The number of aromatic hydroxyl groups is 2. The average Bonchev–Trinajstić information content (AvgIpc) is 3.30. The lowest BCUT2D eigenvalue weighted by atomic mass is 9.91. The van der Waals surface area contributed by atoms with E-state index in [-0.39, 0.29) is 48.1 Å². The number of ether oxygens (including phenoxy) is 1. The van der Waals surface area contributed by atoms with E-state index in [0.717, 1.165) is 58.9 Å². The molecule has 1 amide bonds. The summed E-state index contributed by atoms with van der Waals surface area (Å²) in [5.74, 6) is 0.689. The van der Waals surface area contributed by atoms with Crippen molar-refractivity contribution >= 4 is 34.6 Å². The van der Waals surface area contributed by atoms with Crippen molar-refractivity contribution < 1.29 is 19.7 Å². The van der Waals surface area contributed by atoms with Crippen molar-refractivity contribution in [3.8, 4) is 17.2 Å². The van der Waals surface area contributed by atoms with Gasteiger partial charge in [0.05, 0.1) is 31.4 Å². The van der Waals surface area contributed by atoms with E-state index >= 15 is 0 Å². The number of nitrogens with one attached hydrogen (secondary N) is 4. The normalized spacial score (nSPS) is 22.6. The fourth-order valence-electron chi connectivity index (χ4n) is 6.06. The summed E-state index contributed by atoms with van der Waals surface area (Å²) in [6.45, 7) is 3.33. The van der Waals surface area contributed by atoms with Crippen molar-refractivity contribution in [1.29, 1.82) is 0 Å². The Morgan fingerprint density at radius 2 is 1.90 bits per heavy atom. The molecule has 0 aromatic heterocycles. The van der Waals surface area contributed by atoms with E-state index in [1.54, 1.807) is 19.2 Å². The van der Waals surface area contributed by atoms with Crippen LogP contribution in [0.15, 0.2) is 59.6 Å². The van der Waals surface area contributed by atoms with E-state index in [1.807, 2.05) is 42.5 Å². The number of halogens is 1. The van der Waals surface area contributed by atoms with Crippen LogP contribution in [0.4, 0.5) is 11.4 Å². The quantitative estimate of drug-likeness (QED) is 0.181. The van der Waals surface area contributed by atoms with Crippen LogP contribution in [-0.4, -0.2) is 60.4 Å². The Labute approximate surface area is 249 Å². The number of fused-ring (bicyclic) bond motifs is 4. The highest BCUT2D eigenvalue weighted by Crippen LogP contribution is 2.37. The maximum Gasteiger partial charge on any atom is 0.222 e. The molecule has 3 aromatic rings. The summed E-state index contributed by atoms with van der Waals surface area (Å²) in [6, 6.07) is 16.3. The van der Waals surface area contributed by atoms with Gasteiger partial charge in [0.1, 0.15) is 11.9 Å². The lowest BCUT2D eigenvalue weighted by molar-refractivity contribution is -0.121. The highest BCUT2D eigenvalue weighted by molar-refractivity contribution is 6.30. The first kappa shape index (κ1) is 28.1. The number of hydrogen-bond donors (Lipinski definition) is 6. The molecule has 10 nitrogen and oxygen atoms in total. The van der Waals surface area contributed by atoms with Crippen molar-refractivity contribution in [1.82, 2.24) is 16.2 Å². The van der Waals surface area contributed by atoms with Gasteiger partial charge in [0.15, 0.2) is 11.5 Å². The maximum atomic E-state index is 13.3. The van der Waals surface area contributed by atoms with Crippen LogP contribution >= 0.6 is 11.6 Å².